The molecule has 0 aliphatic carbocycles. The Bertz CT molecular complexity index is 435. The van der Waals surface area contributed by atoms with Gasteiger partial charge < -0.3 is 15.4 Å². The second kappa shape index (κ2) is 5.95. The van der Waals surface area contributed by atoms with Gasteiger partial charge in [-0.3, -0.25) is 9.59 Å². The Hall–Kier alpha value is -1.95. The molecule has 5 nitrogen and oxygen atoms in total. The summed E-state index contributed by atoms with van der Waals surface area (Å²) in [6.07, 6.45) is 0. The summed E-state index contributed by atoms with van der Waals surface area (Å²) in [5, 5.41) is 4.82. The number of amides is 2. The van der Waals surface area contributed by atoms with Crippen LogP contribution in [0.5, 0.6) is 0 Å². The number of hydrogen-bond acceptors (Lipinski definition) is 3. The molecular weight excluding hydrogens is 227 g/mol. The molecule has 2 N–H and O–H groups in total. The van der Waals surface area contributed by atoms with Gasteiger partial charge in [0.15, 0.2) is 0 Å². The van der Waals surface area contributed by atoms with Gasteiger partial charge >= 0.3 is 0 Å². The van der Waals surface area contributed by atoms with E-state index in [-0.39, 0.29) is 18.2 Å². The molecule has 0 saturated heterocycles. The predicted octanol–water partition coefficient (Wildman–Crippen LogP) is 1.37. The lowest BCUT2D eigenvalue weighted by molar-refractivity contribution is -0.119. The van der Waals surface area contributed by atoms with Gasteiger partial charge in [-0.1, -0.05) is 0 Å². The molecule has 0 saturated carbocycles. The molecule has 0 radical (unpaired) electrons. The molecule has 0 aliphatic heterocycles. The summed E-state index contributed by atoms with van der Waals surface area (Å²) in [6.45, 7) is 1.18. The van der Waals surface area contributed by atoms with Gasteiger partial charge in [0, 0.05) is 19.7 Å². The molecule has 1 aromatic carbocycles. The molecule has 2 amide bonds. The van der Waals surface area contributed by atoms with E-state index in [1.807, 2.05) is 0 Å². The third-order valence-corrected chi connectivity index (χ3v) is 1.84. The Morgan fingerprint density at radius 2 is 2.06 bits per heavy atom. The van der Waals surface area contributed by atoms with Gasteiger partial charge in [-0.25, -0.2) is 4.39 Å². The number of ether oxygens (including phenoxy) is 1. The minimum Gasteiger partial charge on any atom is -0.375 e. The van der Waals surface area contributed by atoms with Gasteiger partial charge in [-0.05, 0) is 18.2 Å². The first-order valence-corrected chi connectivity index (χ1v) is 4.89. The maximum Gasteiger partial charge on any atom is 0.250 e. The van der Waals surface area contributed by atoms with Crippen LogP contribution < -0.4 is 10.6 Å². The Morgan fingerprint density at radius 1 is 1.35 bits per heavy atom. The van der Waals surface area contributed by atoms with Crippen LogP contribution in [0.15, 0.2) is 18.2 Å². The molecular formula is C11H13FN2O3. The molecule has 0 atom stereocenters. The lowest BCUT2D eigenvalue weighted by atomic mass is 10.2. The quantitative estimate of drug-likeness (QED) is 0.835. The zero-order valence-corrected chi connectivity index (χ0v) is 9.54. The highest BCUT2D eigenvalue weighted by Gasteiger charge is 2.08. The van der Waals surface area contributed by atoms with Crippen molar-refractivity contribution in [2.75, 3.05) is 24.4 Å². The van der Waals surface area contributed by atoms with E-state index in [4.69, 9.17) is 0 Å². The van der Waals surface area contributed by atoms with E-state index < -0.39 is 11.7 Å². The molecule has 0 aromatic heterocycles. The van der Waals surface area contributed by atoms with E-state index in [0.717, 1.165) is 6.07 Å². The van der Waals surface area contributed by atoms with Gasteiger partial charge in [-0.2, -0.15) is 0 Å². The molecule has 92 valence electrons. The lowest BCUT2D eigenvalue weighted by Gasteiger charge is -2.08. The number of nitrogens with one attached hydrogen (secondary N) is 2. The number of halogens is 1. The number of rotatable bonds is 4. The van der Waals surface area contributed by atoms with Crippen molar-refractivity contribution in [1.82, 2.24) is 0 Å². The highest BCUT2D eigenvalue weighted by molar-refractivity contribution is 5.94. The SMILES string of the molecule is COCC(=O)Nc1cc(NC(C)=O)ccc1F. The molecule has 17 heavy (non-hydrogen) atoms. The van der Waals surface area contributed by atoms with E-state index in [1.54, 1.807) is 0 Å². The Kier molecular flexibility index (Phi) is 4.59. The number of methoxy groups -OCH3 is 1. The van der Waals surface area contributed by atoms with Gasteiger partial charge in [0.2, 0.25) is 11.8 Å². The van der Waals surface area contributed by atoms with Gasteiger partial charge in [0.1, 0.15) is 12.4 Å². The number of carbonyl (C=O) groups excluding carboxylic acids is 2. The molecule has 0 aliphatic rings. The molecule has 0 heterocycles. The fraction of sp³-hybridized carbons (Fsp3) is 0.273. The molecule has 6 heteroatoms. The van der Waals surface area contributed by atoms with Crippen molar-refractivity contribution >= 4 is 23.2 Å². The van der Waals surface area contributed by atoms with Crippen molar-refractivity contribution in [2.24, 2.45) is 0 Å². The fourth-order valence-corrected chi connectivity index (χ4v) is 1.22. The van der Waals surface area contributed by atoms with Crippen molar-refractivity contribution < 1.29 is 18.7 Å². The highest BCUT2D eigenvalue weighted by atomic mass is 19.1. The van der Waals surface area contributed by atoms with Crippen molar-refractivity contribution in [1.29, 1.82) is 0 Å². The van der Waals surface area contributed by atoms with Gasteiger partial charge in [0.25, 0.3) is 0 Å². The van der Waals surface area contributed by atoms with Crippen LogP contribution >= 0.6 is 0 Å². The Balaban J connectivity index is 2.83. The lowest BCUT2D eigenvalue weighted by Crippen LogP contribution is -2.18. The van der Waals surface area contributed by atoms with Gasteiger partial charge in [-0.15, -0.1) is 0 Å². The maximum absolute atomic E-state index is 13.3. The number of anilines is 2. The van der Waals surface area contributed by atoms with Crippen molar-refractivity contribution in [2.45, 2.75) is 6.92 Å². The number of benzene rings is 1. The van der Waals surface area contributed by atoms with Crippen LogP contribution in [0.1, 0.15) is 6.92 Å². The minimum atomic E-state index is -0.580. The molecule has 1 aromatic rings. The molecule has 1 rings (SSSR count). The van der Waals surface area contributed by atoms with Crippen molar-refractivity contribution in [3.63, 3.8) is 0 Å². The maximum atomic E-state index is 13.3. The molecule has 0 spiro atoms. The summed E-state index contributed by atoms with van der Waals surface area (Å²) >= 11 is 0. The highest BCUT2D eigenvalue weighted by Crippen LogP contribution is 2.19. The van der Waals surface area contributed by atoms with Crippen LogP contribution in [-0.4, -0.2) is 25.5 Å². The van der Waals surface area contributed by atoms with E-state index in [9.17, 15) is 14.0 Å². The summed E-state index contributed by atoms with van der Waals surface area (Å²) in [5.41, 5.74) is 0.407. The third-order valence-electron chi connectivity index (χ3n) is 1.84. The van der Waals surface area contributed by atoms with Crippen molar-refractivity contribution in [3.05, 3.63) is 24.0 Å². The first-order valence-electron chi connectivity index (χ1n) is 4.89. The van der Waals surface area contributed by atoms with Crippen LogP contribution in [-0.2, 0) is 14.3 Å². The fourth-order valence-electron chi connectivity index (χ4n) is 1.22. The molecule has 0 unspecified atom stereocenters. The second-order valence-electron chi connectivity index (χ2n) is 3.36. The van der Waals surface area contributed by atoms with Crippen LogP contribution in [0.25, 0.3) is 0 Å². The summed E-state index contributed by atoms with van der Waals surface area (Å²) in [5.74, 6) is -1.32. The minimum absolute atomic E-state index is 0.00157. The number of hydrogen-bond donors (Lipinski definition) is 2. The monoisotopic (exact) mass is 240 g/mol. The van der Waals surface area contributed by atoms with E-state index in [0.29, 0.717) is 5.69 Å². The normalized spacial score (nSPS) is 9.82. The van der Waals surface area contributed by atoms with E-state index in [1.165, 1.54) is 26.2 Å². The smallest absolute Gasteiger partial charge is 0.250 e. The first kappa shape index (κ1) is 13.1. The second-order valence-corrected chi connectivity index (χ2v) is 3.36. The van der Waals surface area contributed by atoms with E-state index >= 15 is 0 Å². The zero-order chi connectivity index (χ0) is 12.8. The molecule has 0 fully saturated rings. The average Bonchev–Trinajstić information content (AvgIpc) is 2.22. The van der Waals surface area contributed by atoms with Crippen LogP contribution in [0, 0.1) is 5.82 Å². The predicted molar refractivity (Wildman–Crippen MR) is 61.2 cm³/mol. The summed E-state index contributed by atoms with van der Waals surface area (Å²) in [4.78, 5) is 22.0. The summed E-state index contributed by atoms with van der Waals surface area (Å²) in [7, 11) is 1.36. The Morgan fingerprint density at radius 3 is 2.65 bits per heavy atom. The standard InChI is InChI=1S/C11H13FN2O3/c1-7(15)13-8-3-4-9(12)10(5-8)14-11(16)6-17-2/h3-5H,6H2,1-2H3,(H,13,15)(H,14,16). The van der Waals surface area contributed by atoms with Gasteiger partial charge in [0.05, 0.1) is 5.69 Å². The summed E-state index contributed by atoms with van der Waals surface area (Å²) < 4.78 is 17.9. The van der Waals surface area contributed by atoms with E-state index in [2.05, 4.69) is 15.4 Å². The largest absolute Gasteiger partial charge is 0.375 e. The topological polar surface area (TPSA) is 67.4 Å². The summed E-state index contributed by atoms with van der Waals surface area (Å²) in [6, 6.07) is 3.90. The molecule has 0 bridgehead atoms. The Labute approximate surface area is 98.0 Å². The average molecular weight is 240 g/mol. The van der Waals surface area contributed by atoms with Crippen LogP contribution in [0.2, 0.25) is 0 Å². The third kappa shape index (κ3) is 4.20. The van der Waals surface area contributed by atoms with Crippen molar-refractivity contribution in [3.8, 4) is 0 Å². The van der Waals surface area contributed by atoms with Crippen LogP contribution in [0.3, 0.4) is 0 Å². The van der Waals surface area contributed by atoms with Crippen LogP contribution in [0.4, 0.5) is 15.8 Å². The first-order chi connectivity index (χ1) is 8.02. The number of carbonyl (C=O) groups is 2. The zero-order valence-electron chi connectivity index (χ0n) is 9.54.